The minimum atomic E-state index is -0.141. The quantitative estimate of drug-likeness (QED) is 0.574. The number of nitrogens with one attached hydrogen (secondary N) is 2. The van der Waals surface area contributed by atoms with Crippen LogP contribution in [0.15, 0.2) is 48.8 Å². The van der Waals surface area contributed by atoms with E-state index in [1.165, 1.54) is 0 Å². The van der Waals surface area contributed by atoms with Gasteiger partial charge in [-0.2, -0.15) is 5.10 Å². The van der Waals surface area contributed by atoms with E-state index in [1.54, 1.807) is 37.6 Å². The zero-order chi connectivity index (χ0) is 23.2. The van der Waals surface area contributed by atoms with Crippen LogP contribution < -0.4 is 14.8 Å². The average molecular weight is 450 g/mol. The SMILES string of the molecule is COc1ccc(OC)c(CNC(=O)C2CCN(C(=O)c3cc(-c4ccncc4)[nH]n3)CC2)c1. The molecule has 3 aromatic rings. The number of ether oxygens (including phenoxy) is 2. The molecule has 0 atom stereocenters. The van der Waals surface area contributed by atoms with Crippen LogP contribution in [0, 0.1) is 5.92 Å². The van der Waals surface area contributed by atoms with Crippen molar-refractivity contribution in [3.05, 3.63) is 60.0 Å². The van der Waals surface area contributed by atoms with Gasteiger partial charge in [0.2, 0.25) is 5.91 Å². The van der Waals surface area contributed by atoms with Gasteiger partial charge >= 0.3 is 0 Å². The highest BCUT2D eigenvalue weighted by atomic mass is 16.5. The number of hydrogen-bond acceptors (Lipinski definition) is 6. The van der Waals surface area contributed by atoms with E-state index in [0.29, 0.717) is 49.7 Å². The molecule has 1 fully saturated rings. The highest BCUT2D eigenvalue weighted by Gasteiger charge is 2.29. The average Bonchev–Trinajstić information content (AvgIpc) is 3.37. The molecule has 9 nitrogen and oxygen atoms in total. The van der Waals surface area contributed by atoms with E-state index in [1.807, 2.05) is 30.3 Å². The molecule has 0 bridgehead atoms. The summed E-state index contributed by atoms with van der Waals surface area (Å²) in [5.41, 5.74) is 2.90. The van der Waals surface area contributed by atoms with Crippen LogP contribution in [-0.2, 0) is 11.3 Å². The van der Waals surface area contributed by atoms with Gasteiger partial charge in [0, 0.05) is 49.1 Å². The van der Waals surface area contributed by atoms with Crippen molar-refractivity contribution in [3.8, 4) is 22.8 Å². The zero-order valence-electron chi connectivity index (χ0n) is 18.7. The van der Waals surface area contributed by atoms with Gasteiger partial charge in [-0.3, -0.25) is 19.7 Å². The summed E-state index contributed by atoms with van der Waals surface area (Å²) < 4.78 is 10.6. The number of carbonyl (C=O) groups excluding carboxylic acids is 2. The molecule has 0 unspecified atom stereocenters. The lowest BCUT2D eigenvalue weighted by molar-refractivity contribution is -0.126. The predicted molar refractivity (Wildman–Crippen MR) is 122 cm³/mol. The van der Waals surface area contributed by atoms with Crippen molar-refractivity contribution in [2.75, 3.05) is 27.3 Å². The number of hydrogen-bond donors (Lipinski definition) is 2. The maximum absolute atomic E-state index is 12.9. The number of piperidine rings is 1. The molecule has 2 aromatic heterocycles. The number of methoxy groups -OCH3 is 2. The Bertz CT molecular complexity index is 1110. The Balaban J connectivity index is 1.30. The summed E-state index contributed by atoms with van der Waals surface area (Å²) >= 11 is 0. The largest absolute Gasteiger partial charge is 0.497 e. The Morgan fingerprint density at radius 3 is 2.55 bits per heavy atom. The van der Waals surface area contributed by atoms with Crippen molar-refractivity contribution < 1.29 is 19.1 Å². The molecule has 1 aliphatic rings. The predicted octanol–water partition coefficient (Wildman–Crippen LogP) is 2.66. The molecule has 1 saturated heterocycles. The molecule has 0 spiro atoms. The van der Waals surface area contributed by atoms with E-state index in [2.05, 4.69) is 20.5 Å². The third kappa shape index (κ3) is 5.14. The molecular formula is C24H27N5O4. The van der Waals surface area contributed by atoms with Crippen LogP contribution in [0.2, 0.25) is 0 Å². The Hall–Kier alpha value is -3.88. The molecular weight excluding hydrogens is 422 g/mol. The van der Waals surface area contributed by atoms with Crippen LogP contribution in [0.25, 0.3) is 11.3 Å². The Labute approximate surface area is 192 Å². The molecule has 172 valence electrons. The number of carbonyl (C=O) groups is 2. The second-order valence-electron chi connectivity index (χ2n) is 7.86. The van der Waals surface area contributed by atoms with Crippen LogP contribution in [-0.4, -0.2) is 59.2 Å². The third-order valence-electron chi connectivity index (χ3n) is 5.88. The molecule has 3 heterocycles. The van der Waals surface area contributed by atoms with E-state index >= 15 is 0 Å². The zero-order valence-corrected chi connectivity index (χ0v) is 18.7. The van der Waals surface area contributed by atoms with Crippen LogP contribution in [0.4, 0.5) is 0 Å². The molecule has 2 amide bonds. The van der Waals surface area contributed by atoms with E-state index in [4.69, 9.17) is 9.47 Å². The summed E-state index contributed by atoms with van der Waals surface area (Å²) in [5, 5.41) is 10.1. The number of aromatic nitrogens is 3. The first-order chi connectivity index (χ1) is 16.1. The van der Waals surface area contributed by atoms with E-state index in [9.17, 15) is 9.59 Å². The van der Waals surface area contributed by atoms with E-state index in [-0.39, 0.29) is 17.7 Å². The second kappa shape index (κ2) is 10.2. The van der Waals surface area contributed by atoms with Gasteiger partial charge in [-0.25, -0.2) is 0 Å². The number of rotatable bonds is 7. The van der Waals surface area contributed by atoms with Crippen LogP contribution in [0.5, 0.6) is 11.5 Å². The maximum Gasteiger partial charge on any atom is 0.274 e. The molecule has 9 heteroatoms. The smallest absolute Gasteiger partial charge is 0.274 e. The van der Waals surface area contributed by atoms with Gasteiger partial charge in [0.15, 0.2) is 5.69 Å². The molecule has 1 aromatic carbocycles. The second-order valence-corrected chi connectivity index (χ2v) is 7.86. The fraction of sp³-hybridized carbons (Fsp3) is 0.333. The number of nitrogens with zero attached hydrogens (tertiary/aromatic N) is 3. The van der Waals surface area contributed by atoms with Crippen LogP contribution in [0.1, 0.15) is 28.9 Å². The molecule has 0 radical (unpaired) electrons. The lowest BCUT2D eigenvalue weighted by Gasteiger charge is -2.31. The minimum Gasteiger partial charge on any atom is -0.497 e. The maximum atomic E-state index is 12.9. The summed E-state index contributed by atoms with van der Waals surface area (Å²) in [4.78, 5) is 31.3. The van der Waals surface area contributed by atoms with E-state index < -0.39 is 0 Å². The van der Waals surface area contributed by atoms with Crippen molar-refractivity contribution in [2.45, 2.75) is 19.4 Å². The molecule has 0 aliphatic carbocycles. The first-order valence-corrected chi connectivity index (χ1v) is 10.8. The summed E-state index contributed by atoms with van der Waals surface area (Å²) in [5.74, 6) is 1.11. The van der Waals surface area contributed by atoms with Crippen LogP contribution >= 0.6 is 0 Å². The van der Waals surface area contributed by atoms with Crippen LogP contribution in [0.3, 0.4) is 0 Å². The van der Waals surface area contributed by atoms with Crippen molar-refractivity contribution in [3.63, 3.8) is 0 Å². The molecule has 33 heavy (non-hydrogen) atoms. The Morgan fingerprint density at radius 2 is 1.85 bits per heavy atom. The van der Waals surface area contributed by atoms with Gasteiger partial charge < -0.3 is 19.7 Å². The number of benzene rings is 1. The lowest BCUT2D eigenvalue weighted by atomic mass is 9.95. The van der Waals surface area contributed by atoms with Crippen molar-refractivity contribution >= 4 is 11.8 Å². The van der Waals surface area contributed by atoms with Crippen molar-refractivity contribution in [1.29, 1.82) is 0 Å². The number of amides is 2. The Kier molecular flexibility index (Phi) is 6.87. The van der Waals surface area contributed by atoms with Gasteiger partial charge in [-0.05, 0) is 49.2 Å². The third-order valence-corrected chi connectivity index (χ3v) is 5.88. The number of likely N-dealkylation sites (tertiary alicyclic amines) is 1. The topological polar surface area (TPSA) is 109 Å². The summed E-state index contributed by atoms with van der Waals surface area (Å²) in [6.45, 7) is 1.37. The lowest BCUT2D eigenvalue weighted by Crippen LogP contribution is -2.43. The molecule has 2 N–H and O–H groups in total. The standard InChI is InChI=1S/C24H27N5O4/c1-32-19-3-4-22(33-2)18(13-19)15-26-23(30)17-7-11-29(12-8-17)24(31)21-14-20(27-28-21)16-5-9-25-10-6-16/h3-6,9-10,13-14,17H,7-8,11-12,15H2,1-2H3,(H,26,30)(H,27,28). The molecule has 4 rings (SSSR count). The minimum absolute atomic E-state index is 0.0216. The van der Waals surface area contributed by atoms with Gasteiger partial charge in [0.25, 0.3) is 5.91 Å². The van der Waals surface area contributed by atoms with Gasteiger partial charge in [-0.15, -0.1) is 0 Å². The fourth-order valence-electron chi connectivity index (χ4n) is 3.96. The normalized spacial score (nSPS) is 14.1. The summed E-state index contributed by atoms with van der Waals surface area (Å²) in [6, 6.07) is 10.9. The van der Waals surface area contributed by atoms with Crippen molar-refractivity contribution in [2.24, 2.45) is 5.92 Å². The van der Waals surface area contributed by atoms with Gasteiger partial charge in [0.05, 0.1) is 19.9 Å². The Morgan fingerprint density at radius 1 is 1.09 bits per heavy atom. The fourth-order valence-corrected chi connectivity index (χ4v) is 3.96. The van der Waals surface area contributed by atoms with E-state index in [0.717, 1.165) is 16.8 Å². The summed E-state index contributed by atoms with van der Waals surface area (Å²) in [7, 11) is 3.20. The first-order valence-electron chi connectivity index (χ1n) is 10.8. The first kappa shape index (κ1) is 22.3. The van der Waals surface area contributed by atoms with Gasteiger partial charge in [0.1, 0.15) is 11.5 Å². The van der Waals surface area contributed by atoms with Gasteiger partial charge in [-0.1, -0.05) is 0 Å². The van der Waals surface area contributed by atoms with Crippen molar-refractivity contribution in [1.82, 2.24) is 25.4 Å². The number of aromatic amines is 1. The highest BCUT2D eigenvalue weighted by Crippen LogP contribution is 2.25. The highest BCUT2D eigenvalue weighted by molar-refractivity contribution is 5.93. The molecule has 1 aliphatic heterocycles. The molecule has 0 saturated carbocycles. The number of pyridine rings is 1. The monoisotopic (exact) mass is 449 g/mol. The summed E-state index contributed by atoms with van der Waals surface area (Å²) in [6.07, 6.45) is 4.60. The number of H-pyrrole nitrogens is 1.